The van der Waals surface area contributed by atoms with Gasteiger partial charge >= 0.3 is 0 Å². The zero-order valence-corrected chi connectivity index (χ0v) is 14.6. The van der Waals surface area contributed by atoms with Gasteiger partial charge in [0.1, 0.15) is 23.0 Å². The molecule has 1 aliphatic heterocycles. The third-order valence-corrected chi connectivity index (χ3v) is 4.55. The molecule has 8 heteroatoms. The zero-order chi connectivity index (χ0) is 18.0. The minimum Gasteiger partial charge on any atom is -0.488 e. The molecule has 1 aromatic heterocycles. The number of aromatic nitrogens is 1. The van der Waals surface area contributed by atoms with Crippen molar-refractivity contribution in [2.24, 2.45) is 0 Å². The smallest absolute Gasteiger partial charge is 0.266 e. The van der Waals surface area contributed by atoms with E-state index in [1.807, 2.05) is 0 Å². The van der Waals surface area contributed by atoms with Crippen LogP contribution in [0.15, 0.2) is 41.3 Å². The van der Waals surface area contributed by atoms with E-state index in [9.17, 15) is 14.7 Å². The molecule has 2 aromatic rings. The summed E-state index contributed by atoms with van der Waals surface area (Å²) in [4.78, 5) is 27.7. The number of β-amino-alcohol motifs (C(OH)–C–C–N with tert-alkyl or cyclic N) is 1. The van der Waals surface area contributed by atoms with E-state index in [0.717, 1.165) is 0 Å². The Bertz CT molecular complexity index is 822. The van der Waals surface area contributed by atoms with E-state index < -0.39 is 17.8 Å². The molecular formula is C17H16Cl2N2O4. The highest BCUT2D eigenvalue weighted by molar-refractivity contribution is 6.31. The van der Waals surface area contributed by atoms with Crippen LogP contribution >= 0.6 is 23.2 Å². The van der Waals surface area contributed by atoms with Gasteiger partial charge in [0.15, 0.2) is 0 Å². The molecule has 0 bridgehead atoms. The average Bonchev–Trinajstić information content (AvgIpc) is 2.60. The number of H-pyrrole nitrogens is 1. The number of hydrogen-bond acceptors (Lipinski definition) is 4. The van der Waals surface area contributed by atoms with Crippen LogP contribution in [0.3, 0.4) is 0 Å². The molecule has 0 aliphatic carbocycles. The predicted molar refractivity (Wildman–Crippen MR) is 94.5 cm³/mol. The number of aliphatic hydroxyl groups is 1. The van der Waals surface area contributed by atoms with Gasteiger partial charge in [-0.15, -0.1) is 0 Å². The maximum absolute atomic E-state index is 12.5. The second-order valence-electron chi connectivity index (χ2n) is 5.78. The molecule has 1 aromatic carbocycles. The van der Waals surface area contributed by atoms with Crippen LogP contribution in [-0.2, 0) is 0 Å². The molecule has 0 unspecified atom stereocenters. The summed E-state index contributed by atoms with van der Waals surface area (Å²) in [5.74, 6) is 0.308. The number of amides is 1. The van der Waals surface area contributed by atoms with Crippen molar-refractivity contribution < 1.29 is 14.6 Å². The monoisotopic (exact) mass is 382 g/mol. The van der Waals surface area contributed by atoms with Crippen LogP contribution in [0.5, 0.6) is 5.75 Å². The Balaban J connectivity index is 1.64. The van der Waals surface area contributed by atoms with Gasteiger partial charge in [-0.2, -0.15) is 0 Å². The molecule has 2 atom stereocenters. The number of piperidine rings is 1. The average molecular weight is 383 g/mol. The lowest BCUT2D eigenvalue weighted by atomic mass is 10.0. The number of nitrogens with one attached hydrogen (secondary N) is 1. The Hall–Kier alpha value is -2.02. The van der Waals surface area contributed by atoms with Crippen molar-refractivity contribution in [2.45, 2.75) is 18.6 Å². The van der Waals surface area contributed by atoms with Crippen molar-refractivity contribution in [3.8, 4) is 5.75 Å². The molecule has 3 rings (SSSR count). The third-order valence-electron chi connectivity index (χ3n) is 4.01. The SMILES string of the molecule is O=C(c1c[nH]c(=O)c(Cl)c1)N1CC[C@@H](Oc2ccc(Cl)cc2)[C@H](O)C1. The largest absolute Gasteiger partial charge is 0.488 e. The van der Waals surface area contributed by atoms with Crippen molar-refractivity contribution in [2.75, 3.05) is 13.1 Å². The minimum absolute atomic E-state index is 0.0487. The van der Waals surface area contributed by atoms with Crippen LogP contribution in [0.4, 0.5) is 0 Å². The maximum atomic E-state index is 12.5. The first kappa shape index (κ1) is 17.8. The molecule has 1 saturated heterocycles. The molecule has 0 spiro atoms. The second-order valence-corrected chi connectivity index (χ2v) is 6.63. The van der Waals surface area contributed by atoms with E-state index in [0.29, 0.717) is 23.7 Å². The van der Waals surface area contributed by atoms with E-state index in [2.05, 4.69) is 4.98 Å². The lowest BCUT2D eigenvalue weighted by Gasteiger charge is -2.36. The summed E-state index contributed by atoms with van der Waals surface area (Å²) in [7, 11) is 0. The number of aliphatic hydroxyl groups excluding tert-OH is 1. The normalized spacial score (nSPS) is 20.4. The number of nitrogens with zero attached hydrogens (tertiary/aromatic N) is 1. The van der Waals surface area contributed by atoms with Crippen molar-refractivity contribution >= 4 is 29.1 Å². The number of halogens is 2. The molecule has 0 radical (unpaired) electrons. The number of carbonyl (C=O) groups excluding carboxylic acids is 1. The fraction of sp³-hybridized carbons (Fsp3) is 0.294. The molecule has 1 aliphatic rings. The van der Waals surface area contributed by atoms with Crippen molar-refractivity contribution in [3.05, 3.63) is 62.5 Å². The molecule has 6 nitrogen and oxygen atoms in total. The van der Waals surface area contributed by atoms with Crippen LogP contribution in [0.2, 0.25) is 10.0 Å². The van der Waals surface area contributed by atoms with Crippen LogP contribution in [-0.4, -0.2) is 46.2 Å². The van der Waals surface area contributed by atoms with E-state index >= 15 is 0 Å². The first-order valence-corrected chi connectivity index (χ1v) is 8.47. The highest BCUT2D eigenvalue weighted by Gasteiger charge is 2.32. The van der Waals surface area contributed by atoms with Crippen molar-refractivity contribution in [3.63, 3.8) is 0 Å². The number of pyridine rings is 1. The Morgan fingerprint density at radius 2 is 2.00 bits per heavy atom. The summed E-state index contributed by atoms with van der Waals surface area (Å²) >= 11 is 11.6. The molecule has 132 valence electrons. The van der Waals surface area contributed by atoms with Crippen LogP contribution in [0.25, 0.3) is 0 Å². The van der Waals surface area contributed by atoms with Gasteiger partial charge in [0.05, 0.1) is 12.1 Å². The Kier molecular flexibility index (Phi) is 5.32. The fourth-order valence-corrected chi connectivity index (χ4v) is 2.98. The molecule has 25 heavy (non-hydrogen) atoms. The van der Waals surface area contributed by atoms with E-state index in [1.165, 1.54) is 17.2 Å². The highest BCUT2D eigenvalue weighted by Crippen LogP contribution is 2.22. The Labute approximate surface area is 153 Å². The molecule has 0 saturated carbocycles. The highest BCUT2D eigenvalue weighted by atomic mass is 35.5. The molecule has 2 N–H and O–H groups in total. The fourth-order valence-electron chi connectivity index (χ4n) is 2.68. The topological polar surface area (TPSA) is 82.6 Å². The standard InChI is InChI=1S/C17H16Cl2N2O4/c18-11-1-3-12(4-2-11)25-15-5-6-21(9-14(15)22)17(24)10-7-13(19)16(23)20-8-10/h1-4,7-8,14-15,22H,5-6,9H2,(H,20,23)/t14-,15-/m1/s1. The van der Waals surface area contributed by atoms with Crippen LogP contribution < -0.4 is 10.3 Å². The van der Waals surface area contributed by atoms with E-state index in [-0.39, 0.29) is 23.0 Å². The van der Waals surface area contributed by atoms with Gasteiger partial charge in [-0.25, -0.2) is 0 Å². The van der Waals surface area contributed by atoms with Gasteiger partial charge in [-0.05, 0) is 30.3 Å². The van der Waals surface area contributed by atoms with Crippen LogP contribution in [0.1, 0.15) is 16.8 Å². The first-order chi connectivity index (χ1) is 11.9. The molecule has 1 amide bonds. The number of rotatable bonds is 3. The lowest BCUT2D eigenvalue weighted by Crippen LogP contribution is -2.51. The van der Waals surface area contributed by atoms with Crippen LogP contribution in [0, 0.1) is 0 Å². The summed E-state index contributed by atoms with van der Waals surface area (Å²) in [6, 6.07) is 8.21. The molecule has 1 fully saturated rings. The van der Waals surface area contributed by atoms with E-state index in [4.69, 9.17) is 27.9 Å². The third kappa shape index (κ3) is 4.15. The quantitative estimate of drug-likeness (QED) is 0.853. The molecule has 2 heterocycles. The number of benzene rings is 1. The summed E-state index contributed by atoms with van der Waals surface area (Å²) in [6.45, 7) is 0.554. The van der Waals surface area contributed by atoms with Crippen molar-refractivity contribution in [1.29, 1.82) is 0 Å². The summed E-state index contributed by atoms with van der Waals surface area (Å²) < 4.78 is 5.78. The van der Waals surface area contributed by atoms with Gasteiger partial charge < -0.3 is 19.7 Å². The lowest BCUT2D eigenvalue weighted by molar-refractivity contribution is -0.0199. The van der Waals surface area contributed by atoms with Crippen molar-refractivity contribution in [1.82, 2.24) is 9.88 Å². The summed E-state index contributed by atoms with van der Waals surface area (Å²) in [6.07, 6.45) is 0.558. The Morgan fingerprint density at radius 1 is 1.28 bits per heavy atom. The number of aromatic amines is 1. The number of likely N-dealkylation sites (tertiary alicyclic amines) is 1. The van der Waals surface area contributed by atoms with E-state index in [1.54, 1.807) is 24.3 Å². The number of hydrogen-bond donors (Lipinski definition) is 2. The summed E-state index contributed by atoms with van der Waals surface area (Å²) in [5.41, 5.74) is -0.179. The second kappa shape index (κ2) is 7.47. The van der Waals surface area contributed by atoms with Gasteiger partial charge in [0, 0.05) is 24.2 Å². The van der Waals surface area contributed by atoms with Gasteiger partial charge in [-0.3, -0.25) is 9.59 Å². The van der Waals surface area contributed by atoms with Gasteiger partial charge in [0.2, 0.25) is 0 Å². The number of ether oxygens (including phenoxy) is 1. The zero-order valence-electron chi connectivity index (χ0n) is 13.1. The number of carbonyl (C=O) groups is 1. The van der Waals surface area contributed by atoms with Gasteiger partial charge in [0.25, 0.3) is 11.5 Å². The Morgan fingerprint density at radius 3 is 2.64 bits per heavy atom. The molecular weight excluding hydrogens is 367 g/mol. The minimum atomic E-state index is -0.827. The first-order valence-electron chi connectivity index (χ1n) is 7.72. The van der Waals surface area contributed by atoms with Gasteiger partial charge in [-0.1, -0.05) is 23.2 Å². The predicted octanol–water partition coefficient (Wildman–Crippen LogP) is 2.34. The summed E-state index contributed by atoms with van der Waals surface area (Å²) in [5, 5.41) is 10.9. The maximum Gasteiger partial charge on any atom is 0.266 e.